The lowest BCUT2D eigenvalue weighted by Gasteiger charge is -2.21. The lowest BCUT2D eigenvalue weighted by Crippen LogP contribution is -2.24. The fraction of sp³-hybridized carbons (Fsp3) is 0.214. The van der Waals surface area contributed by atoms with E-state index in [-0.39, 0.29) is 11.0 Å². The molecule has 36 heavy (non-hydrogen) atoms. The summed E-state index contributed by atoms with van der Waals surface area (Å²) in [5, 5.41) is 7.70. The summed E-state index contributed by atoms with van der Waals surface area (Å²) in [5.41, 5.74) is 3.38. The molecule has 0 spiro atoms. The standard InChI is InChI=1S/C28H28N6O2/c1-28(2,3)21-10-12-24(13-11-21)36-16-15-33-25(35)14-9-20-17-29-27(32-26(20)33)34(23-18-30-31-19-23)22-7-5-4-6-8-22/h4-14,17-19H,15-16H2,1-3H3,(H,30,31). The van der Waals surface area contributed by atoms with Crippen molar-refractivity contribution in [3.05, 3.63) is 101 Å². The summed E-state index contributed by atoms with van der Waals surface area (Å²) in [7, 11) is 0. The molecule has 0 aliphatic carbocycles. The Morgan fingerprint density at radius 3 is 2.42 bits per heavy atom. The van der Waals surface area contributed by atoms with E-state index in [1.807, 2.05) is 47.4 Å². The Hall–Kier alpha value is -4.46. The fourth-order valence-corrected chi connectivity index (χ4v) is 4.02. The van der Waals surface area contributed by atoms with Crippen molar-refractivity contribution in [2.75, 3.05) is 11.5 Å². The highest BCUT2D eigenvalue weighted by Crippen LogP contribution is 2.31. The van der Waals surface area contributed by atoms with E-state index >= 15 is 0 Å². The molecule has 0 unspecified atom stereocenters. The fourth-order valence-electron chi connectivity index (χ4n) is 4.02. The Labute approximate surface area is 209 Å². The number of benzene rings is 2. The van der Waals surface area contributed by atoms with E-state index < -0.39 is 0 Å². The number of rotatable bonds is 7. The number of nitrogens with one attached hydrogen (secondary N) is 1. The highest BCUT2D eigenvalue weighted by molar-refractivity contribution is 5.78. The van der Waals surface area contributed by atoms with Gasteiger partial charge in [0, 0.05) is 29.5 Å². The van der Waals surface area contributed by atoms with Gasteiger partial charge in [-0.25, -0.2) is 4.98 Å². The van der Waals surface area contributed by atoms with Crippen LogP contribution in [0.25, 0.3) is 11.0 Å². The SMILES string of the molecule is CC(C)(C)c1ccc(OCCn2c(=O)ccc3cnc(N(c4ccccc4)c4cn[nH]c4)nc32)cc1. The van der Waals surface area contributed by atoms with Crippen LogP contribution in [0.15, 0.2) is 90.1 Å². The first-order valence-electron chi connectivity index (χ1n) is 11.8. The van der Waals surface area contributed by atoms with Crippen LogP contribution in [0.4, 0.5) is 17.3 Å². The number of fused-ring (bicyclic) bond motifs is 1. The first-order valence-corrected chi connectivity index (χ1v) is 11.8. The lowest BCUT2D eigenvalue weighted by atomic mass is 9.87. The summed E-state index contributed by atoms with van der Waals surface area (Å²) in [5.74, 6) is 1.20. The average Bonchev–Trinajstić information content (AvgIpc) is 3.40. The van der Waals surface area contributed by atoms with Crippen molar-refractivity contribution >= 4 is 28.4 Å². The molecule has 0 saturated heterocycles. The molecule has 5 aromatic rings. The Bertz CT molecular complexity index is 1500. The molecule has 5 rings (SSSR count). The van der Waals surface area contributed by atoms with Gasteiger partial charge in [-0.05, 0) is 41.3 Å². The van der Waals surface area contributed by atoms with Gasteiger partial charge in [-0.15, -0.1) is 0 Å². The van der Waals surface area contributed by atoms with Gasteiger partial charge in [0.05, 0.1) is 18.4 Å². The normalized spacial score (nSPS) is 11.5. The van der Waals surface area contributed by atoms with Crippen molar-refractivity contribution in [3.8, 4) is 5.75 Å². The number of anilines is 3. The highest BCUT2D eigenvalue weighted by Gasteiger charge is 2.18. The maximum absolute atomic E-state index is 12.8. The molecule has 0 aliphatic heterocycles. The van der Waals surface area contributed by atoms with Crippen LogP contribution in [-0.2, 0) is 12.0 Å². The van der Waals surface area contributed by atoms with Crippen molar-refractivity contribution in [2.24, 2.45) is 0 Å². The summed E-state index contributed by atoms with van der Waals surface area (Å²) < 4.78 is 7.59. The van der Waals surface area contributed by atoms with E-state index in [0.717, 1.165) is 22.5 Å². The van der Waals surface area contributed by atoms with Crippen molar-refractivity contribution in [1.82, 2.24) is 24.7 Å². The number of pyridine rings is 1. The molecular weight excluding hydrogens is 452 g/mol. The summed E-state index contributed by atoms with van der Waals surface area (Å²) in [6, 6.07) is 21.2. The predicted molar refractivity (Wildman–Crippen MR) is 141 cm³/mol. The molecule has 0 saturated carbocycles. The van der Waals surface area contributed by atoms with Gasteiger partial charge in [-0.1, -0.05) is 51.1 Å². The van der Waals surface area contributed by atoms with Gasteiger partial charge < -0.3 is 4.74 Å². The predicted octanol–water partition coefficient (Wildman–Crippen LogP) is 5.36. The molecule has 0 radical (unpaired) electrons. The molecule has 0 aliphatic rings. The molecule has 3 aromatic heterocycles. The van der Waals surface area contributed by atoms with Crippen LogP contribution < -0.4 is 15.2 Å². The number of H-pyrrole nitrogens is 1. The summed E-state index contributed by atoms with van der Waals surface area (Å²) in [4.78, 5) is 24.1. The molecular formula is C28H28N6O2. The number of hydrogen-bond donors (Lipinski definition) is 1. The number of aromatic amines is 1. The van der Waals surface area contributed by atoms with Crippen LogP contribution in [0.3, 0.4) is 0 Å². The third kappa shape index (κ3) is 4.84. The number of para-hydroxylation sites is 1. The molecule has 0 amide bonds. The van der Waals surface area contributed by atoms with E-state index in [1.54, 1.807) is 29.2 Å². The molecule has 8 nitrogen and oxygen atoms in total. The molecule has 0 atom stereocenters. The van der Waals surface area contributed by atoms with Crippen molar-refractivity contribution in [2.45, 2.75) is 32.7 Å². The van der Waals surface area contributed by atoms with Gasteiger partial charge in [0.25, 0.3) is 5.56 Å². The van der Waals surface area contributed by atoms with E-state index in [1.165, 1.54) is 11.6 Å². The number of nitrogens with zero attached hydrogens (tertiary/aromatic N) is 5. The minimum atomic E-state index is -0.145. The van der Waals surface area contributed by atoms with Crippen LogP contribution in [0, 0.1) is 0 Å². The molecule has 3 heterocycles. The topological polar surface area (TPSA) is 88.9 Å². The molecule has 2 aromatic carbocycles. The van der Waals surface area contributed by atoms with Gasteiger partial charge in [0.1, 0.15) is 18.0 Å². The van der Waals surface area contributed by atoms with E-state index in [4.69, 9.17) is 9.72 Å². The first-order chi connectivity index (χ1) is 17.4. The van der Waals surface area contributed by atoms with Gasteiger partial charge in [0.15, 0.2) is 0 Å². The van der Waals surface area contributed by atoms with E-state index in [2.05, 4.69) is 48.1 Å². The smallest absolute Gasteiger partial charge is 0.252 e. The van der Waals surface area contributed by atoms with E-state index in [0.29, 0.717) is 24.7 Å². The second kappa shape index (κ2) is 9.65. The average molecular weight is 481 g/mol. The minimum absolute atomic E-state index is 0.0797. The Morgan fingerprint density at radius 1 is 0.944 bits per heavy atom. The Morgan fingerprint density at radius 2 is 1.72 bits per heavy atom. The quantitative estimate of drug-likeness (QED) is 0.337. The number of aromatic nitrogens is 5. The zero-order valence-electron chi connectivity index (χ0n) is 20.5. The largest absolute Gasteiger partial charge is 0.492 e. The van der Waals surface area contributed by atoms with Gasteiger partial charge in [-0.3, -0.25) is 19.4 Å². The van der Waals surface area contributed by atoms with Crippen molar-refractivity contribution in [3.63, 3.8) is 0 Å². The third-order valence-electron chi connectivity index (χ3n) is 5.97. The summed E-state index contributed by atoms with van der Waals surface area (Å²) in [6.07, 6.45) is 5.21. The number of hydrogen-bond acceptors (Lipinski definition) is 6. The first kappa shape index (κ1) is 23.3. The summed E-state index contributed by atoms with van der Waals surface area (Å²) >= 11 is 0. The number of ether oxygens (including phenoxy) is 1. The van der Waals surface area contributed by atoms with Gasteiger partial charge in [-0.2, -0.15) is 10.1 Å². The van der Waals surface area contributed by atoms with Crippen LogP contribution in [0.2, 0.25) is 0 Å². The second-order valence-electron chi connectivity index (χ2n) is 9.52. The zero-order chi connectivity index (χ0) is 25.1. The van der Waals surface area contributed by atoms with Crippen LogP contribution in [0.1, 0.15) is 26.3 Å². The molecule has 0 fully saturated rings. The van der Waals surface area contributed by atoms with Crippen LogP contribution in [0.5, 0.6) is 5.75 Å². The zero-order valence-corrected chi connectivity index (χ0v) is 20.5. The van der Waals surface area contributed by atoms with Crippen molar-refractivity contribution < 1.29 is 4.74 Å². The molecule has 182 valence electrons. The monoisotopic (exact) mass is 480 g/mol. The maximum Gasteiger partial charge on any atom is 0.252 e. The van der Waals surface area contributed by atoms with Gasteiger partial charge in [0.2, 0.25) is 5.95 Å². The molecule has 1 N–H and O–H groups in total. The second-order valence-corrected chi connectivity index (χ2v) is 9.52. The third-order valence-corrected chi connectivity index (χ3v) is 5.97. The molecule has 0 bridgehead atoms. The Kier molecular flexibility index (Phi) is 6.25. The lowest BCUT2D eigenvalue weighted by molar-refractivity contribution is 0.298. The maximum atomic E-state index is 12.8. The highest BCUT2D eigenvalue weighted by atomic mass is 16.5. The van der Waals surface area contributed by atoms with Crippen molar-refractivity contribution in [1.29, 1.82) is 0 Å². The summed E-state index contributed by atoms with van der Waals surface area (Å²) in [6.45, 7) is 7.22. The van der Waals surface area contributed by atoms with Crippen LogP contribution >= 0.6 is 0 Å². The van der Waals surface area contributed by atoms with Crippen LogP contribution in [-0.4, -0.2) is 31.3 Å². The molecule has 8 heteroatoms. The minimum Gasteiger partial charge on any atom is -0.492 e. The Balaban J connectivity index is 1.44. The van der Waals surface area contributed by atoms with E-state index in [9.17, 15) is 4.79 Å². The van der Waals surface area contributed by atoms with Gasteiger partial charge >= 0.3 is 0 Å².